The van der Waals surface area contributed by atoms with Crippen LogP contribution in [0.1, 0.15) is 23.3 Å². The van der Waals surface area contributed by atoms with E-state index in [4.69, 9.17) is 4.52 Å². The van der Waals surface area contributed by atoms with Crippen LogP contribution >= 0.6 is 0 Å². The Bertz CT molecular complexity index is 794. The molecule has 2 heterocycles. The minimum Gasteiger partial charge on any atom is -0.360 e. The van der Waals surface area contributed by atoms with Gasteiger partial charge in [-0.05, 0) is 25.8 Å². The molecule has 0 unspecified atom stereocenters. The molecule has 1 N–H and O–H groups in total. The minimum atomic E-state index is -0.123. The van der Waals surface area contributed by atoms with Gasteiger partial charge in [0.25, 0.3) is 0 Å². The first-order valence-electron chi connectivity index (χ1n) is 9.28. The largest absolute Gasteiger partial charge is 0.360 e. The number of anilines is 1. The zero-order valence-corrected chi connectivity index (χ0v) is 15.9. The summed E-state index contributed by atoms with van der Waals surface area (Å²) < 4.78 is 4.93. The Morgan fingerprint density at radius 3 is 2.59 bits per heavy atom. The van der Waals surface area contributed by atoms with E-state index in [9.17, 15) is 9.59 Å². The van der Waals surface area contributed by atoms with Crippen molar-refractivity contribution in [2.45, 2.75) is 26.7 Å². The number of rotatable bonds is 6. The second-order valence-electron chi connectivity index (χ2n) is 7.02. The fraction of sp³-hybridized carbons (Fsp3) is 0.450. The molecule has 0 aliphatic carbocycles. The van der Waals surface area contributed by atoms with E-state index in [1.165, 1.54) is 11.1 Å². The molecule has 1 fully saturated rings. The zero-order valence-electron chi connectivity index (χ0n) is 15.9. The number of nitrogens with zero attached hydrogens (tertiary/aromatic N) is 3. The van der Waals surface area contributed by atoms with Gasteiger partial charge in [0.1, 0.15) is 5.76 Å². The highest BCUT2D eigenvalue weighted by atomic mass is 16.5. The molecule has 144 valence electrons. The van der Waals surface area contributed by atoms with Gasteiger partial charge in [0.15, 0.2) is 5.82 Å². The van der Waals surface area contributed by atoms with E-state index >= 15 is 0 Å². The summed E-state index contributed by atoms with van der Waals surface area (Å²) in [5, 5.41) is 6.48. The van der Waals surface area contributed by atoms with Gasteiger partial charge in [0.2, 0.25) is 11.8 Å². The van der Waals surface area contributed by atoms with Gasteiger partial charge in [-0.1, -0.05) is 35.0 Å². The van der Waals surface area contributed by atoms with Crippen LogP contribution in [0.3, 0.4) is 0 Å². The molecule has 27 heavy (non-hydrogen) atoms. The van der Waals surface area contributed by atoms with Crippen molar-refractivity contribution >= 4 is 17.6 Å². The standard InChI is InChI=1S/C20H26N4O3/c1-15-4-3-5-17(12-15)6-7-20(26)24-10-8-23(9-11-24)14-19(25)21-18-13-16(2)27-22-18/h3-5,12-13H,6-11,14H2,1-2H3,(H,21,22,25). The van der Waals surface area contributed by atoms with Gasteiger partial charge < -0.3 is 14.7 Å². The summed E-state index contributed by atoms with van der Waals surface area (Å²) in [4.78, 5) is 28.5. The number of aryl methyl sites for hydroxylation is 3. The molecule has 0 saturated carbocycles. The summed E-state index contributed by atoms with van der Waals surface area (Å²) in [7, 11) is 0. The lowest BCUT2D eigenvalue weighted by atomic mass is 10.1. The molecule has 7 nitrogen and oxygen atoms in total. The molecule has 0 spiro atoms. The first-order valence-corrected chi connectivity index (χ1v) is 9.28. The summed E-state index contributed by atoms with van der Waals surface area (Å²) >= 11 is 0. The molecule has 0 radical (unpaired) electrons. The van der Waals surface area contributed by atoms with Crippen LogP contribution in [-0.2, 0) is 16.0 Å². The van der Waals surface area contributed by atoms with Crippen LogP contribution in [0.5, 0.6) is 0 Å². The number of hydrogen-bond acceptors (Lipinski definition) is 5. The van der Waals surface area contributed by atoms with Crippen LogP contribution in [-0.4, -0.2) is 59.5 Å². The number of aromatic nitrogens is 1. The summed E-state index contributed by atoms with van der Waals surface area (Å²) in [5.74, 6) is 1.15. The van der Waals surface area contributed by atoms with Crippen LogP contribution in [0.2, 0.25) is 0 Å². The van der Waals surface area contributed by atoms with Gasteiger partial charge in [-0.15, -0.1) is 0 Å². The number of piperazine rings is 1. The highest BCUT2D eigenvalue weighted by Crippen LogP contribution is 2.11. The molecule has 1 aliphatic heterocycles. The molecular formula is C20H26N4O3. The molecule has 3 rings (SSSR count). The second kappa shape index (κ2) is 8.81. The molecule has 0 atom stereocenters. The molecule has 1 aromatic heterocycles. The predicted molar refractivity (Wildman–Crippen MR) is 102 cm³/mol. The molecule has 1 aliphatic rings. The van der Waals surface area contributed by atoms with Gasteiger partial charge >= 0.3 is 0 Å². The van der Waals surface area contributed by atoms with Crippen molar-refractivity contribution in [2.24, 2.45) is 0 Å². The van der Waals surface area contributed by atoms with Gasteiger partial charge in [-0.25, -0.2) is 0 Å². The number of carbonyl (C=O) groups excluding carboxylic acids is 2. The van der Waals surface area contributed by atoms with E-state index in [1.54, 1.807) is 13.0 Å². The highest BCUT2D eigenvalue weighted by Gasteiger charge is 2.22. The van der Waals surface area contributed by atoms with Crippen LogP contribution in [0.25, 0.3) is 0 Å². The topological polar surface area (TPSA) is 78.7 Å². The van der Waals surface area contributed by atoms with E-state index in [2.05, 4.69) is 35.6 Å². The second-order valence-corrected chi connectivity index (χ2v) is 7.02. The minimum absolute atomic E-state index is 0.123. The zero-order chi connectivity index (χ0) is 19.2. The van der Waals surface area contributed by atoms with Crippen molar-refractivity contribution < 1.29 is 14.1 Å². The maximum atomic E-state index is 12.4. The Morgan fingerprint density at radius 2 is 1.93 bits per heavy atom. The summed E-state index contributed by atoms with van der Waals surface area (Å²) in [6.45, 7) is 6.83. The fourth-order valence-electron chi connectivity index (χ4n) is 3.24. The molecule has 0 bridgehead atoms. The van der Waals surface area contributed by atoms with Crippen molar-refractivity contribution in [3.05, 3.63) is 47.2 Å². The predicted octanol–water partition coefficient (Wildman–Crippen LogP) is 2.01. The lowest BCUT2D eigenvalue weighted by Crippen LogP contribution is -2.50. The average molecular weight is 370 g/mol. The molecule has 7 heteroatoms. The van der Waals surface area contributed by atoms with Crippen molar-refractivity contribution in [3.63, 3.8) is 0 Å². The monoisotopic (exact) mass is 370 g/mol. The van der Waals surface area contributed by atoms with Gasteiger partial charge in [-0.3, -0.25) is 14.5 Å². The van der Waals surface area contributed by atoms with Crippen molar-refractivity contribution in [1.82, 2.24) is 15.0 Å². The third-order valence-electron chi connectivity index (χ3n) is 4.70. The Labute approximate surface area is 159 Å². The third kappa shape index (κ3) is 5.65. The molecular weight excluding hydrogens is 344 g/mol. The number of carbonyl (C=O) groups is 2. The van der Waals surface area contributed by atoms with E-state index < -0.39 is 0 Å². The fourth-order valence-corrected chi connectivity index (χ4v) is 3.24. The first kappa shape index (κ1) is 19.1. The smallest absolute Gasteiger partial charge is 0.239 e. The molecule has 1 aromatic carbocycles. The van der Waals surface area contributed by atoms with Crippen molar-refractivity contribution in [3.8, 4) is 0 Å². The van der Waals surface area contributed by atoms with E-state index in [0.29, 0.717) is 44.2 Å². The Kier molecular flexibility index (Phi) is 6.24. The van der Waals surface area contributed by atoms with Gasteiger partial charge in [0, 0.05) is 38.7 Å². The van der Waals surface area contributed by atoms with Crippen molar-refractivity contribution in [1.29, 1.82) is 0 Å². The molecule has 2 aromatic rings. The quantitative estimate of drug-likeness (QED) is 0.841. The van der Waals surface area contributed by atoms with Crippen LogP contribution in [0, 0.1) is 13.8 Å². The lowest BCUT2D eigenvalue weighted by molar-refractivity contribution is -0.133. The normalized spacial score (nSPS) is 15.0. The van der Waals surface area contributed by atoms with Crippen LogP contribution < -0.4 is 5.32 Å². The van der Waals surface area contributed by atoms with E-state index in [1.807, 2.05) is 15.9 Å². The number of hydrogen-bond donors (Lipinski definition) is 1. The molecule has 2 amide bonds. The maximum Gasteiger partial charge on any atom is 0.239 e. The summed E-state index contributed by atoms with van der Waals surface area (Å²) in [6, 6.07) is 9.96. The Hall–Kier alpha value is -2.67. The lowest BCUT2D eigenvalue weighted by Gasteiger charge is -2.34. The highest BCUT2D eigenvalue weighted by molar-refractivity contribution is 5.91. The Morgan fingerprint density at radius 1 is 1.15 bits per heavy atom. The first-order chi connectivity index (χ1) is 13.0. The van der Waals surface area contributed by atoms with E-state index in [-0.39, 0.29) is 18.4 Å². The number of nitrogens with one attached hydrogen (secondary N) is 1. The van der Waals surface area contributed by atoms with Gasteiger partial charge in [-0.2, -0.15) is 0 Å². The average Bonchev–Trinajstić information content (AvgIpc) is 3.05. The number of amides is 2. The van der Waals surface area contributed by atoms with E-state index in [0.717, 1.165) is 6.42 Å². The summed E-state index contributed by atoms with van der Waals surface area (Å²) in [6.07, 6.45) is 1.29. The SMILES string of the molecule is Cc1cccc(CCC(=O)N2CCN(CC(=O)Nc3cc(C)on3)CC2)c1. The van der Waals surface area contributed by atoms with Gasteiger partial charge in [0.05, 0.1) is 6.54 Å². The summed E-state index contributed by atoms with van der Waals surface area (Å²) in [5.41, 5.74) is 2.41. The Balaban J connectivity index is 1.39. The van der Waals surface area contributed by atoms with Crippen LogP contribution in [0.15, 0.2) is 34.9 Å². The number of benzene rings is 1. The van der Waals surface area contributed by atoms with Crippen molar-refractivity contribution in [2.75, 3.05) is 38.0 Å². The third-order valence-corrected chi connectivity index (χ3v) is 4.70. The molecule has 1 saturated heterocycles. The van der Waals surface area contributed by atoms with Crippen LogP contribution in [0.4, 0.5) is 5.82 Å². The maximum absolute atomic E-state index is 12.4.